The number of aromatic amines is 2. The van der Waals surface area contributed by atoms with Gasteiger partial charge in [-0.05, 0) is 24.6 Å². The van der Waals surface area contributed by atoms with Crippen molar-refractivity contribution in [2.75, 3.05) is 49.3 Å². The molecule has 3 aliphatic rings. The average molecular weight is 444 g/mol. The molecule has 2 atom stereocenters. The minimum Gasteiger partial charge on any atom is -0.377 e. The molecule has 9 nitrogen and oxygen atoms in total. The highest BCUT2D eigenvalue weighted by atomic mass is 16.5. The van der Waals surface area contributed by atoms with Crippen molar-refractivity contribution in [2.45, 2.75) is 13.0 Å². The quantitative estimate of drug-likeness (QED) is 0.502. The Balaban J connectivity index is 1.39. The molecule has 0 amide bonds. The maximum atomic E-state index is 5.69. The van der Waals surface area contributed by atoms with E-state index in [1.54, 1.807) is 0 Å². The molecule has 1 aromatic carbocycles. The van der Waals surface area contributed by atoms with E-state index in [1.165, 1.54) is 5.57 Å². The Labute approximate surface area is 190 Å². The minimum absolute atomic E-state index is 0.211. The molecule has 0 aliphatic carbocycles. The Morgan fingerprint density at radius 2 is 2.06 bits per heavy atom. The molecule has 3 aliphatic heterocycles. The van der Waals surface area contributed by atoms with Gasteiger partial charge in [0.2, 0.25) is 5.95 Å². The van der Waals surface area contributed by atoms with Crippen molar-refractivity contribution in [3.8, 4) is 11.4 Å². The highest BCUT2D eigenvalue weighted by Crippen LogP contribution is 2.35. The molecule has 3 aromatic heterocycles. The standard InChI is InChI=1S/C24H25N7O2/c1-14-11-32-8-7-31(14)23-20-22(28-24(29-23)30-9-15-12-33-13-16(15)10-30)27-21(26-20)18-3-2-4-19-17(18)5-6-25-19/h2-6,9,14,16,25H,7-8,10-13H2,1H3,(H,26,27,28,29)/t14-,16?/m1/s1. The van der Waals surface area contributed by atoms with Gasteiger partial charge in [0.1, 0.15) is 5.82 Å². The van der Waals surface area contributed by atoms with Crippen molar-refractivity contribution < 1.29 is 9.47 Å². The Bertz CT molecular complexity index is 1390. The molecular weight excluding hydrogens is 418 g/mol. The van der Waals surface area contributed by atoms with Gasteiger partial charge in [-0.3, -0.25) is 0 Å². The van der Waals surface area contributed by atoms with E-state index in [0.29, 0.717) is 31.7 Å². The molecule has 2 saturated heterocycles. The Hall–Kier alpha value is -3.43. The number of benzene rings is 1. The second-order valence-corrected chi connectivity index (χ2v) is 9.06. The van der Waals surface area contributed by atoms with Crippen LogP contribution >= 0.6 is 0 Å². The molecule has 4 aromatic rings. The molecule has 0 bridgehead atoms. The molecular formula is C24H25N7O2. The number of nitrogens with zero attached hydrogens (tertiary/aromatic N) is 5. The van der Waals surface area contributed by atoms with Crippen molar-refractivity contribution >= 4 is 33.8 Å². The van der Waals surface area contributed by atoms with Gasteiger partial charge < -0.3 is 29.2 Å². The number of morpholine rings is 1. The smallest absolute Gasteiger partial charge is 0.233 e. The van der Waals surface area contributed by atoms with Crippen LogP contribution in [0.2, 0.25) is 0 Å². The van der Waals surface area contributed by atoms with Crippen LogP contribution in [0.25, 0.3) is 33.5 Å². The van der Waals surface area contributed by atoms with E-state index >= 15 is 0 Å². The number of hydrogen-bond donors (Lipinski definition) is 2. The van der Waals surface area contributed by atoms with Gasteiger partial charge in [-0.2, -0.15) is 9.97 Å². The Kier molecular flexibility index (Phi) is 4.22. The summed E-state index contributed by atoms with van der Waals surface area (Å²) in [5.41, 5.74) is 5.00. The third-order valence-electron chi connectivity index (χ3n) is 6.91. The highest BCUT2D eigenvalue weighted by molar-refractivity contribution is 5.96. The molecule has 1 unspecified atom stereocenters. The van der Waals surface area contributed by atoms with Gasteiger partial charge in [0.15, 0.2) is 17.0 Å². The summed E-state index contributed by atoms with van der Waals surface area (Å²) in [6.07, 6.45) is 4.11. The van der Waals surface area contributed by atoms with Crippen molar-refractivity contribution in [3.05, 3.63) is 42.2 Å². The van der Waals surface area contributed by atoms with Crippen molar-refractivity contribution in [3.63, 3.8) is 0 Å². The lowest BCUT2D eigenvalue weighted by atomic mass is 10.1. The van der Waals surface area contributed by atoms with E-state index in [9.17, 15) is 0 Å². The summed E-state index contributed by atoms with van der Waals surface area (Å²) in [5.74, 6) is 2.79. The van der Waals surface area contributed by atoms with E-state index in [0.717, 1.165) is 59.0 Å². The maximum Gasteiger partial charge on any atom is 0.233 e. The Morgan fingerprint density at radius 1 is 1.09 bits per heavy atom. The number of imidazole rings is 1. The van der Waals surface area contributed by atoms with Crippen LogP contribution in [0.1, 0.15) is 6.92 Å². The van der Waals surface area contributed by atoms with Crippen LogP contribution in [0.4, 0.5) is 11.8 Å². The molecule has 7 rings (SSSR count). The summed E-state index contributed by atoms with van der Waals surface area (Å²) in [5, 5.41) is 1.13. The van der Waals surface area contributed by atoms with Crippen molar-refractivity contribution in [2.24, 2.45) is 5.92 Å². The number of H-pyrrole nitrogens is 2. The fourth-order valence-corrected chi connectivity index (χ4v) is 5.15. The predicted molar refractivity (Wildman–Crippen MR) is 126 cm³/mol. The van der Waals surface area contributed by atoms with Crippen LogP contribution in [0.3, 0.4) is 0 Å². The zero-order valence-corrected chi connectivity index (χ0v) is 18.4. The van der Waals surface area contributed by atoms with Gasteiger partial charge in [-0.25, -0.2) is 4.98 Å². The van der Waals surface area contributed by atoms with Gasteiger partial charge in [-0.1, -0.05) is 12.1 Å². The second kappa shape index (κ2) is 7.29. The molecule has 0 saturated carbocycles. The van der Waals surface area contributed by atoms with E-state index in [1.807, 2.05) is 12.3 Å². The molecule has 0 spiro atoms. The normalized spacial score (nSPS) is 23.0. The van der Waals surface area contributed by atoms with E-state index in [4.69, 9.17) is 24.4 Å². The first-order chi connectivity index (χ1) is 16.2. The lowest BCUT2D eigenvalue weighted by molar-refractivity contribution is 0.0987. The Morgan fingerprint density at radius 3 is 2.97 bits per heavy atom. The van der Waals surface area contributed by atoms with Crippen LogP contribution in [0, 0.1) is 5.92 Å². The third-order valence-corrected chi connectivity index (χ3v) is 6.91. The summed E-state index contributed by atoms with van der Waals surface area (Å²) in [6, 6.07) is 8.49. The molecule has 6 heterocycles. The summed E-state index contributed by atoms with van der Waals surface area (Å²) in [4.78, 5) is 26.2. The predicted octanol–water partition coefficient (Wildman–Crippen LogP) is 3.08. The lowest BCUT2D eigenvalue weighted by Crippen LogP contribution is -2.44. The van der Waals surface area contributed by atoms with E-state index < -0.39 is 0 Å². The molecule has 2 N–H and O–H groups in total. The fourth-order valence-electron chi connectivity index (χ4n) is 5.15. The van der Waals surface area contributed by atoms with Gasteiger partial charge in [0, 0.05) is 47.9 Å². The van der Waals surface area contributed by atoms with Crippen LogP contribution in [0.15, 0.2) is 42.2 Å². The number of aromatic nitrogens is 5. The number of hydrogen-bond acceptors (Lipinski definition) is 7. The van der Waals surface area contributed by atoms with E-state index in [-0.39, 0.29) is 6.04 Å². The van der Waals surface area contributed by atoms with Gasteiger partial charge in [-0.15, -0.1) is 0 Å². The summed E-state index contributed by atoms with van der Waals surface area (Å²) in [7, 11) is 0. The van der Waals surface area contributed by atoms with E-state index in [2.05, 4.69) is 51.1 Å². The monoisotopic (exact) mass is 443 g/mol. The maximum absolute atomic E-state index is 5.69. The zero-order valence-electron chi connectivity index (χ0n) is 18.4. The zero-order chi connectivity index (χ0) is 21.9. The van der Waals surface area contributed by atoms with Crippen molar-refractivity contribution in [1.82, 2.24) is 24.9 Å². The topological polar surface area (TPSA) is 95.2 Å². The van der Waals surface area contributed by atoms with Gasteiger partial charge in [0.25, 0.3) is 0 Å². The van der Waals surface area contributed by atoms with Crippen molar-refractivity contribution in [1.29, 1.82) is 0 Å². The lowest BCUT2D eigenvalue weighted by Gasteiger charge is -2.34. The first-order valence-corrected chi connectivity index (χ1v) is 11.5. The highest BCUT2D eigenvalue weighted by Gasteiger charge is 2.32. The van der Waals surface area contributed by atoms with Crippen LogP contribution < -0.4 is 9.80 Å². The number of nitrogens with one attached hydrogen (secondary N) is 2. The third kappa shape index (κ3) is 3.03. The van der Waals surface area contributed by atoms with Gasteiger partial charge in [0.05, 0.1) is 32.5 Å². The molecule has 9 heteroatoms. The summed E-state index contributed by atoms with van der Waals surface area (Å²) >= 11 is 0. The number of fused-ring (bicyclic) bond motifs is 3. The minimum atomic E-state index is 0.211. The summed E-state index contributed by atoms with van der Waals surface area (Å²) in [6.45, 7) is 6.62. The van der Waals surface area contributed by atoms with Crippen LogP contribution in [-0.2, 0) is 9.47 Å². The fraction of sp³-hybridized carbons (Fsp3) is 0.375. The first kappa shape index (κ1) is 19.1. The number of ether oxygens (including phenoxy) is 2. The number of rotatable bonds is 3. The van der Waals surface area contributed by atoms with Gasteiger partial charge >= 0.3 is 0 Å². The second-order valence-electron chi connectivity index (χ2n) is 9.06. The molecule has 33 heavy (non-hydrogen) atoms. The summed E-state index contributed by atoms with van der Waals surface area (Å²) < 4.78 is 11.3. The average Bonchev–Trinajstić information content (AvgIpc) is 3.61. The SMILES string of the molecule is C[C@@H]1COCCN1c1nc(N2C=C3COCC3C2)nc2[nH]c(-c3cccc4[nH]ccc34)nc12. The molecule has 168 valence electrons. The van der Waals surface area contributed by atoms with Crippen LogP contribution in [-0.4, -0.2) is 70.5 Å². The molecule has 2 fully saturated rings. The number of anilines is 2. The largest absolute Gasteiger partial charge is 0.377 e. The first-order valence-electron chi connectivity index (χ1n) is 11.5. The molecule has 0 radical (unpaired) electrons. The van der Waals surface area contributed by atoms with Crippen LogP contribution in [0.5, 0.6) is 0 Å².